The van der Waals surface area contributed by atoms with E-state index in [2.05, 4.69) is 5.32 Å². The Morgan fingerprint density at radius 1 is 1.15 bits per heavy atom. The van der Waals surface area contributed by atoms with Crippen LogP contribution in [0.4, 0.5) is 5.69 Å². The van der Waals surface area contributed by atoms with Gasteiger partial charge in [-0.2, -0.15) is 0 Å². The normalized spacial score (nSPS) is 11.9. The Morgan fingerprint density at radius 3 is 2.59 bits per heavy atom. The van der Waals surface area contributed by atoms with Crippen molar-refractivity contribution < 1.29 is 19.1 Å². The largest absolute Gasteiger partial charge is 0.492 e. The maximum atomic E-state index is 12.3. The highest BCUT2D eigenvalue weighted by Crippen LogP contribution is 2.24. The Morgan fingerprint density at radius 2 is 1.89 bits per heavy atom. The molecule has 2 aromatic carbocycles. The van der Waals surface area contributed by atoms with Crippen molar-refractivity contribution in [2.45, 2.75) is 20.0 Å². The van der Waals surface area contributed by atoms with Crippen LogP contribution in [0.15, 0.2) is 48.5 Å². The van der Waals surface area contributed by atoms with Gasteiger partial charge < -0.3 is 14.8 Å². The molecule has 7 heteroatoms. The second-order valence-corrected chi connectivity index (χ2v) is 6.32. The molecule has 0 saturated heterocycles. The van der Waals surface area contributed by atoms with E-state index < -0.39 is 18.0 Å². The number of esters is 1. The van der Waals surface area contributed by atoms with Gasteiger partial charge in [0.2, 0.25) is 0 Å². The van der Waals surface area contributed by atoms with Crippen LogP contribution in [-0.4, -0.2) is 24.6 Å². The maximum Gasteiger partial charge on any atom is 0.331 e. The van der Waals surface area contributed by atoms with Crippen LogP contribution in [0.2, 0.25) is 10.0 Å². The standard InChI is InChI=1S/C20H19Cl2NO4/c1-3-26-18-7-5-4-6-17(18)23-20(25)13(2)27-19(24)11-9-14-8-10-15(21)16(22)12-14/h4-13H,3H2,1-2H3,(H,23,25)/b11-9+/t13-/m0/s1. The zero-order valence-electron chi connectivity index (χ0n) is 14.9. The van der Waals surface area contributed by atoms with Crippen molar-refractivity contribution in [2.75, 3.05) is 11.9 Å². The molecule has 0 aliphatic heterocycles. The molecule has 0 aliphatic rings. The summed E-state index contributed by atoms with van der Waals surface area (Å²) in [6, 6.07) is 12.0. The van der Waals surface area contributed by atoms with Gasteiger partial charge in [0, 0.05) is 6.08 Å². The van der Waals surface area contributed by atoms with Crippen LogP contribution in [0.5, 0.6) is 5.75 Å². The lowest BCUT2D eigenvalue weighted by molar-refractivity contribution is -0.148. The summed E-state index contributed by atoms with van der Waals surface area (Å²) in [6.45, 7) is 3.81. The first-order valence-corrected chi connectivity index (χ1v) is 9.02. The van der Waals surface area contributed by atoms with E-state index in [9.17, 15) is 9.59 Å². The third kappa shape index (κ3) is 6.31. The molecule has 1 atom stereocenters. The Balaban J connectivity index is 1.94. The number of halogens is 2. The van der Waals surface area contributed by atoms with Crippen molar-refractivity contribution in [1.29, 1.82) is 0 Å². The summed E-state index contributed by atoms with van der Waals surface area (Å²) >= 11 is 11.8. The number of nitrogens with one attached hydrogen (secondary N) is 1. The molecule has 0 saturated carbocycles. The van der Waals surface area contributed by atoms with Crippen molar-refractivity contribution in [3.05, 3.63) is 64.1 Å². The van der Waals surface area contributed by atoms with E-state index in [0.717, 1.165) is 0 Å². The van der Waals surface area contributed by atoms with Gasteiger partial charge >= 0.3 is 5.97 Å². The Labute approximate surface area is 167 Å². The number of benzene rings is 2. The van der Waals surface area contributed by atoms with Crippen molar-refractivity contribution in [3.63, 3.8) is 0 Å². The molecule has 0 aromatic heterocycles. The van der Waals surface area contributed by atoms with Gasteiger partial charge in [-0.1, -0.05) is 41.4 Å². The second kappa shape index (κ2) is 10.00. The van der Waals surface area contributed by atoms with Crippen molar-refractivity contribution in [3.8, 4) is 5.75 Å². The van der Waals surface area contributed by atoms with Crippen LogP contribution in [0, 0.1) is 0 Å². The van der Waals surface area contributed by atoms with Gasteiger partial charge in [0.1, 0.15) is 5.75 Å². The number of hydrogen-bond acceptors (Lipinski definition) is 4. The molecule has 0 aliphatic carbocycles. The van der Waals surface area contributed by atoms with Crippen LogP contribution in [0.3, 0.4) is 0 Å². The fraction of sp³-hybridized carbons (Fsp3) is 0.200. The van der Waals surface area contributed by atoms with E-state index in [-0.39, 0.29) is 0 Å². The molecule has 142 valence electrons. The molecule has 2 aromatic rings. The Hall–Kier alpha value is -2.50. The fourth-order valence-electron chi connectivity index (χ4n) is 2.13. The predicted octanol–water partition coefficient (Wildman–Crippen LogP) is 4.98. The van der Waals surface area contributed by atoms with Gasteiger partial charge in [0.25, 0.3) is 5.91 Å². The number of anilines is 1. The van der Waals surface area contributed by atoms with Crippen LogP contribution < -0.4 is 10.1 Å². The number of amides is 1. The van der Waals surface area contributed by atoms with Crippen LogP contribution in [0.25, 0.3) is 6.08 Å². The molecule has 0 unspecified atom stereocenters. The topological polar surface area (TPSA) is 64.6 Å². The van der Waals surface area contributed by atoms with Crippen LogP contribution >= 0.6 is 23.2 Å². The average Bonchev–Trinajstić information content (AvgIpc) is 2.64. The van der Waals surface area contributed by atoms with Gasteiger partial charge in [0.15, 0.2) is 6.10 Å². The SMILES string of the molecule is CCOc1ccccc1NC(=O)[C@H](C)OC(=O)/C=C/c1ccc(Cl)c(Cl)c1. The molecular weight excluding hydrogens is 389 g/mol. The number of ether oxygens (including phenoxy) is 2. The molecular formula is C20H19Cl2NO4. The summed E-state index contributed by atoms with van der Waals surface area (Å²) in [7, 11) is 0. The maximum absolute atomic E-state index is 12.3. The lowest BCUT2D eigenvalue weighted by Crippen LogP contribution is -2.29. The van der Waals surface area contributed by atoms with E-state index >= 15 is 0 Å². The molecule has 0 heterocycles. The molecule has 1 N–H and O–H groups in total. The minimum absolute atomic E-state index is 0.382. The third-order valence-electron chi connectivity index (χ3n) is 3.46. The second-order valence-electron chi connectivity index (χ2n) is 5.50. The predicted molar refractivity (Wildman–Crippen MR) is 107 cm³/mol. The quantitative estimate of drug-likeness (QED) is 0.519. The zero-order chi connectivity index (χ0) is 19.8. The first kappa shape index (κ1) is 20.8. The van der Waals surface area contributed by atoms with E-state index in [1.807, 2.05) is 6.92 Å². The highest BCUT2D eigenvalue weighted by Gasteiger charge is 2.18. The molecule has 5 nitrogen and oxygen atoms in total. The van der Waals surface area contributed by atoms with Crippen molar-refractivity contribution in [2.24, 2.45) is 0 Å². The molecule has 27 heavy (non-hydrogen) atoms. The lowest BCUT2D eigenvalue weighted by atomic mass is 10.2. The van der Waals surface area contributed by atoms with Gasteiger partial charge in [-0.15, -0.1) is 0 Å². The molecule has 1 amide bonds. The number of carbonyl (C=O) groups is 2. The monoisotopic (exact) mass is 407 g/mol. The molecule has 0 fully saturated rings. The van der Waals surface area contributed by atoms with Gasteiger partial charge in [-0.05, 0) is 49.8 Å². The fourth-order valence-corrected chi connectivity index (χ4v) is 2.44. The first-order chi connectivity index (χ1) is 12.9. The summed E-state index contributed by atoms with van der Waals surface area (Å²) in [6.07, 6.45) is 1.77. The number of carbonyl (C=O) groups excluding carboxylic acids is 2. The van der Waals surface area contributed by atoms with Crippen molar-refractivity contribution >= 4 is 46.8 Å². The van der Waals surface area contributed by atoms with Crippen LogP contribution in [-0.2, 0) is 14.3 Å². The third-order valence-corrected chi connectivity index (χ3v) is 4.20. The minimum Gasteiger partial charge on any atom is -0.492 e. The summed E-state index contributed by atoms with van der Waals surface area (Å²) in [5, 5.41) is 3.50. The highest BCUT2D eigenvalue weighted by atomic mass is 35.5. The van der Waals surface area contributed by atoms with Crippen molar-refractivity contribution in [1.82, 2.24) is 0 Å². The minimum atomic E-state index is -0.981. The lowest BCUT2D eigenvalue weighted by Gasteiger charge is -2.15. The van der Waals surface area contributed by atoms with E-state index in [4.69, 9.17) is 32.7 Å². The summed E-state index contributed by atoms with van der Waals surface area (Å²) in [5.41, 5.74) is 1.20. The van der Waals surface area contributed by atoms with Gasteiger partial charge in [-0.3, -0.25) is 4.79 Å². The van der Waals surface area contributed by atoms with Crippen LogP contribution in [0.1, 0.15) is 19.4 Å². The van der Waals surface area contributed by atoms with E-state index in [1.165, 1.54) is 19.1 Å². The summed E-state index contributed by atoms with van der Waals surface area (Å²) in [4.78, 5) is 24.2. The number of hydrogen-bond donors (Lipinski definition) is 1. The highest BCUT2D eigenvalue weighted by molar-refractivity contribution is 6.42. The number of para-hydroxylation sites is 2. The zero-order valence-corrected chi connectivity index (χ0v) is 16.4. The smallest absolute Gasteiger partial charge is 0.331 e. The van der Waals surface area contributed by atoms with E-state index in [1.54, 1.807) is 42.5 Å². The Bertz CT molecular complexity index is 852. The molecule has 2 rings (SSSR count). The Kier molecular flexibility index (Phi) is 7.70. The van der Waals surface area contributed by atoms with E-state index in [0.29, 0.717) is 33.7 Å². The first-order valence-electron chi connectivity index (χ1n) is 8.27. The molecule has 0 bridgehead atoms. The van der Waals surface area contributed by atoms with Gasteiger partial charge in [0.05, 0.1) is 22.3 Å². The number of rotatable bonds is 7. The molecule has 0 spiro atoms. The summed E-state index contributed by atoms with van der Waals surface area (Å²) < 4.78 is 10.6. The summed E-state index contributed by atoms with van der Waals surface area (Å²) in [5.74, 6) is -0.563. The molecule has 0 radical (unpaired) electrons. The average molecular weight is 408 g/mol. The van der Waals surface area contributed by atoms with Gasteiger partial charge in [-0.25, -0.2) is 4.79 Å².